The monoisotopic (exact) mass is 446 g/mol. The molecule has 0 aliphatic heterocycles. The van der Waals surface area contributed by atoms with Crippen LogP contribution in [0, 0.1) is 10.8 Å². The van der Waals surface area contributed by atoms with Crippen molar-refractivity contribution >= 4 is 0 Å². The van der Waals surface area contributed by atoms with Crippen LogP contribution in [-0.2, 0) is 22.5 Å². The van der Waals surface area contributed by atoms with E-state index in [-0.39, 0.29) is 11.2 Å². The number of rotatable bonds is 16. The van der Waals surface area contributed by atoms with Crippen molar-refractivity contribution in [3.63, 3.8) is 0 Å². The van der Waals surface area contributed by atoms with E-state index in [1.54, 1.807) is 0 Å². The number of benzene rings is 1. The molecule has 0 fully saturated rings. The average molecular weight is 447 g/mol. The molecule has 0 atom stereocenters. The summed E-state index contributed by atoms with van der Waals surface area (Å²) < 4.78 is 12.9. The van der Waals surface area contributed by atoms with Crippen LogP contribution in [0.3, 0.4) is 0 Å². The predicted octanol–water partition coefficient (Wildman–Crippen LogP) is 9.14. The van der Waals surface area contributed by atoms with E-state index >= 15 is 0 Å². The van der Waals surface area contributed by atoms with Crippen LogP contribution < -0.4 is 0 Å². The average Bonchev–Trinajstić information content (AvgIpc) is 2.78. The van der Waals surface area contributed by atoms with Crippen molar-refractivity contribution in [2.24, 2.45) is 10.8 Å². The molecule has 32 heavy (non-hydrogen) atoms. The van der Waals surface area contributed by atoms with Crippen LogP contribution in [0.5, 0.6) is 0 Å². The molecule has 0 unspecified atom stereocenters. The van der Waals surface area contributed by atoms with Crippen LogP contribution in [-0.4, -0.2) is 17.8 Å². The van der Waals surface area contributed by atoms with Gasteiger partial charge in [-0.25, -0.2) is 0 Å². The summed E-state index contributed by atoms with van der Waals surface area (Å²) in [7, 11) is 0. The van der Waals surface area contributed by atoms with E-state index < -0.39 is 0 Å². The van der Waals surface area contributed by atoms with Crippen LogP contribution in [0.4, 0.5) is 0 Å². The lowest BCUT2D eigenvalue weighted by Gasteiger charge is -2.38. The molecule has 0 saturated heterocycles. The maximum atomic E-state index is 6.45. The Bertz CT molecular complexity index is 617. The van der Waals surface area contributed by atoms with Crippen molar-refractivity contribution in [3.8, 4) is 0 Å². The van der Waals surface area contributed by atoms with Gasteiger partial charge in [-0.3, -0.25) is 0 Å². The zero-order valence-corrected chi connectivity index (χ0v) is 23.2. The van der Waals surface area contributed by atoms with E-state index in [1.807, 2.05) is 0 Å². The van der Waals surface area contributed by atoms with E-state index in [1.165, 1.54) is 49.7 Å². The summed E-state index contributed by atoms with van der Waals surface area (Å²) in [4.78, 5) is 0. The number of ether oxygens (including phenoxy) is 2. The number of hydrogen-bond acceptors (Lipinski definition) is 2. The van der Waals surface area contributed by atoms with Crippen LogP contribution in [0.15, 0.2) is 24.3 Å². The van der Waals surface area contributed by atoms with E-state index in [9.17, 15) is 0 Å². The number of hydrogen-bond donors (Lipinski definition) is 0. The Hall–Kier alpha value is -0.860. The fraction of sp³-hybridized carbons (Fsp3) is 0.800. The first kappa shape index (κ1) is 29.2. The molecule has 1 rings (SSSR count). The van der Waals surface area contributed by atoms with Gasteiger partial charge in [-0.1, -0.05) is 85.1 Å². The Labute approximate surface area is 200 Å². The summed E-state index contributed by atoms with van der Waals surface area (Å²) in [6.07, 6.45) is 9.23. The maximum Gasteiger partial charge on any atom is 0.0724 e. The Morgan fingerprint density at radius 3 is 1.44 bits per heavy atom. The molecule has 0 amide bonds. The molecule has 0 aromatic heterocycles. The molecule has 2 heteroatoms. The summed E-state index contributed by atoms with van der Waals surface area (Å²) in [5.74, 6) is 0. The van der Waals surface area contributed by atoms with Crippen LogP contribution in [0.25, 0.3) is 0 Å². The van der Waals surface area contributed by atoms with E-state index in [0.717, 1.165) is 19.4 Å². The molecule has 0 heterocycles. The van der Waals surface area contributed by atoms with Crippen molar-refractivity contribution in [1.29, 1.82) is 0 Å². The topological polar surface area (TPSA) is 18.5 Å². The van der Waals surface area contributed by atoms with Gasteiger partial charge in [0.05, 0.1) is 24.4 Å². The second kappa shape index (κ2) is 12.6. The zero-order valence-electron chi connectivity index (χ0n) is 23.2. The molecule has 0 radical (unpaired) electrons. The molecule has 186 valence electrons. The Morgan fingerprint density at radius 1 is 0.562 bits per heavy atom. The SMILES string of the molecule is CCC(CC)(CC)COC(C)(C)Cc1ccc(COC(C)(C)CC(CC)(CC)CC)cc1. The van der Waals surface area contributed by atoms with Gasteiger partial charge in [0.2, 0.25) is 0 Å². The van der Waals surface area contributed by atoms with Gasteiger partial charge >= 0.3 is 0 Å². The van der Waals surface area contributed by atoms with Gasteiger partial charge in [-0.05, 0) is 75.3 Å². The van der Waals surface area contributed by atoms with Crippen molar-refractivity contribution in [2.75, 3.05) is 6.61 Å². The molecular weight excluding hydrogens is 392 g/mol. The van der Waals surface area contributed by atoms with Gasteiger partial charge < -0.3 is 9.47 Å². The third-order valence-corrected chi connectivity index (χ3v) is 8.35. The van der Waals surface area contributed by atoms with E-state index in [2.05, 4.69) is 93.5 Å². The second-order valence-electron chi connectivity index (χ2n) is 11.4. The van der Waals surface area contributed by atoms with Crippen LogP contribution >= 0.6 is 0 Å². The highest BCUT2D eigenvalue weighted by Gasteiger charge is 2.33. The first-order valence-corrected chi connectivity index (χ1v) is 13.3. The summed E-state index contributed by atoms with van der Waals surface area (Å²) in [6, 6.07) is 8.95. The smallest absolute Gasteiger partial charge is 0.0724 e. The molecule has 2 nitrogen and oxygen atoms in total. The normalized spacial score (nSPS) is 13.6. The van der Waals surface area contributed by atoms with Crippen LogP contribution in [0.1, 0.15) is 125 Å². The molecular formula is C30H54O2. The Morgan fingerprint density at radius 2 is 1.00 bits per heavy atom. The van der Waals surface area contributed by atoms with Crippen LogP contribution in [0.2, 0.25) is 0 Å². The summed E-state index contributed by atoms with van der Waals surface area (Å²) in [5.41, 5.74) is 3.02. The second-order valence-corrected chi connectivity index (χ2v) is 11.4. The minimum Gasteiger partial charge on any atom is -0.375 e. The van der Waals surface area contributed by atoms with Crippen molar-refractivity contribution in [1.82, 2.24) is 0 Å². The van der Waals surface area contributed by atoms with Crippen molar-refractivity contribution < 1.29 is 9.47 Å². The first-order chi connectivity index (χ1) is 14.9. The van der Waals surface area contributed by atoms with Gasteiger partial charge in [-0.2, -0.15) is 0 Å². The minimum absolute atomic E-state index is 0.110. The first-order valence-electron chi connectivity index (χ1n) is 13.3. The van der Waals surface area contributed by atoms with Crippen molar-refractivity contribution in [2.45, 2.75) is 138 Å². The third kappa shape index (κ3) is 8.82. The van der Waals surface area contributed by atoms with E-state index in [0.29, 0.717) is 17.4 Å². The Kier molecular flexibility index (Phi) is 11.5. The van der Waals surface area contributed by atoms with Gasteiger partial charge in [0, 0.05) is 6.42 Å². The lowest BCUT2D eigenvalue weighted by molar-refractivity contribution is -0.0666. The third-order valence-electron chi connectivity index (χ3n) is 8.35. The molecule has 0 saturated carbocycles. The maximum absolute atomic E-state index is 6.45. The van der Waals surface area contributed by atoms with E-state index in [4.69, 9.17) is 9.47 Å². The molecule has 1 aromatic rings. The molecule has 0 N–H and O–H groups in total. The lowest BCUT2D eigenvalue weighted by atomic mass is 9.72. The zero-order chi connectivity index (χ0) is 24.5. The fourth-order valence-electron chi connectivity index (χ4n) is 5.06. The highest BCUT2D eigenvalue weighted by Crippen LogP contribution is 2.40. The summed E-state index contributed by atoms with van der Waals surface area (Å²) in [5, 5.41) is 0. The standard InChI is InChI=1S/C30H54O2/c1-11-29(12-2,13-3)23-28(9,10)31-22-26-19-17-25(18-20-26)21-27(7,8)32-24-30(14-4,15-5)16-6/h17-20H,11-16,21-24H2,1-10H3. The van der Waals surface area contributed by atoms with Gasteiger partial charge in [0.1, 0.15) is 0 Å². The molecule has 1 aromatic carbocycles. The minimum atomic E-state index is -0.158. The van der Waals surface area contributed by atoms with Gasteiger partial charge in [0.25, 0.3) is 0 Å². The predicted molar refractivity (Wildman–Crippen MR) is 140 cm³/mol. The highest BCUT2D eigenvalue weighted by molar-refractivity contribution is 5.23. The Balaban J connectivity index is 2.67. The lowest BCUT2D eigenvalue weighted by Crippen LogP contribution is -2.34. The quantitative estimate of drug-likeness (QED) is 0.252. The highest BCUT2D eigenvalue weighted by atomic mass is 16.5. The molecule has 0 bridgehead atoms. The largest absolute Gasteiger partial charge is 0.375 e. The van der Waals surface area contributed by atoms with Gasteiger partial charge in [0.15, 0.2) is 0 Å². The summed E-state index contributed by atoms with van der Waals surface area (Å²) in [6.45, 7) is 24.3. The fourth-order valence-corrected chi connectivity index (χ4v) is 5.06. The van der Waals surface area contributed by atoms with Crippen molar-refractivity contribution in [3.05, 3.63) is 35.4 Å². The molecule has 0 aliphatic carbocycles. The van der Waals surface area contributed by atoms with Gasteiger partial charge in [-0.15, -0.1) is 0 Å². The summed E-state index contributed by atoms with van der Waals surface area (Å²) >= 11 is 0. The molecule has 0 spiro atoms. The molecule has 0 aliphatic rings.